The zero-order chi connectivity index (χ0) is 13.0. The third kappa shape index (κ3) is 2.98. The number of unbranched alkanes of at least 4 members (excludes halogenated alkanes) is 1. The van der Waals surface area contributed by atoms with Gasteiger partial charge in [0.2, 0.25) is 0 Å². The van der Waals surface area contributed by atoms with Crippen LogP contribution in [0.4, 0.5) is 0 Å². The highest BCUT2D eigenvalue weighted by atomic mass is 32.1. The molecule has 96 valence electrons. The fourth-order valence-electron chi connectivity index (χ4n) is 2.07. The number of ketones is 1. The zero-order valence-corrected chi connectivity index (χ0v) is 11.5. The molecule has 0 spiro atoms. The van der Waals surface area contributed by atoms with E-state index < -0.39 is 0 Å². The minimum absolute atomic E-state index is 0.159. The van der Waals surface area contributed by atoms with Crippen LogP contribution >= 0.6 is 11.3 Å². The molecule has 0 aliphatic carbocycles. The van der Waals surface area contributed by atoms with E-state index in [1.807, 2.05) is 12.1 Å². The fraction of sp³-hybridized carbons (Fsp3) is 0.400. The van der Waals surface area contributed by atoms with Crippen LogP contribution in [-0.2, 0) is 11.2 Å². The second-order valence-corrected chi connectivity index (χ2v) is 5.56. The van der Waals surface area contributed by atoms with Gasteiger partial charge in [-0.2, -0.15) is 0 Å². The Balaban J connectivity index is 2.07. The molecular formula is C15H19NOS. The van der Waals surface area contributed by atoms with Crippen LogP contribution in [0.15, 0.2) is 29.6 Å². The Morgan fingerprint density at radius 2 is 2.17 bits per heavy atom. The SMILES string of the molecule is CCCCC(N)C(=O)Cc1csc2ccccc12. The third-order valence-electron chi connectivity index (χ3n) is 3.21. The normalized spacial score (nSPS) is 12.8. The molecule has 0 saturated carbocycles. The van der Waals surface area contributed by atoms with Crippen molar-refractivity contribution in [3.05, 3.63) is 35.2 Å². The van der Waals surface area contributed by atoms with Crippen LogP contribution in [0.3, 0.4) is 0 Å². The van der Waals surface area contributed by atoms with E-state index in [1.165, 1.54) is 10.1 Å². The first-order chi connectivity index (χ1) is 8.72. The highest BCUT2D eigenvalue weighted by Crippen LogP contribution is 2.26. The van der Waals surface area contributed by atoms with Gasteiger partial charge in [-0.3, -0.25) is 4.79 Å². The van der Waals surface area contributed by atoms with Gasteiger partial charge in [0.25, 0.3) is 0 Å². The summed E-state index contributed by atoms with van der Waals surface area (Å²) in [5, 5.41) is 3.27. The summed E-state index contributed by atoms with van der Waals surface area (Å²) in [6.45, 7) is 2.11. The smallest absolute Gasteiger partial charge is 0.153 e. The highest BCUT2D eigenvalue weighted by molar-refractivity contribution is 7.17. The van der Waals surface area contributed by atoms with Crippen molar-refractivity contribution < 1.29 is 4.79 Å². The molecule has 0 fully saturated rings. The van der Waals surface area contributed by atoms with E-state index in [0.717, 1.165) is 24.8 Å². The molecule has 0 bridgehead atoms. The van der Waals surface area contributed by atoms with Gasteiger partial charge in [-0.05, 0) is 28.8 Å². The molecule has 0 aliphatic heterocycles. The van der Waals surface area contributed by atoms with Crippen molar-refractivity contribution in [2.24, 2.45) is 5.73 Å². The standard InChI is InChI=1S/C15H19NOS/c1-2-3-7-13(16)14(17)9-11-10-18-15-8-5-4-6-12(11)15/h4-6,8,10,13H,2-3,7,9,16H2,1H3. The molecule has 1 aromatic heterocycles. The van der Waals surface area contributed by atoms with Gasteiger partial charge in [-0.15, -0.1) is 11.3 Å². The summed E-state index contributed by atoms with van der Waals surface area (Å²) in [6.07, 6.45) is 3.38. The number of fused-ring (bicyclic) bond motifs is 1. The minimum Gasteiger partial charge on any atom is -0.321 e. The zero-order valence-electron chi connectivity index (χ0n) is 10.7. The van der Waals surface area contributed by atoms with Gasteiger partial charge < -0.3 is 5.73 Å². The molecule has 1 atom stereocenters. The van der Waals surface area contributed by atoms with Gasteiger partial charge in [0.1, 0.15) is 0 Å². The van der Waals surface area contributed by atoms with Crippen molar-refractivity contribution in [2.45, 2.75) is 38.6 Å². The third-order valence-corrected chi connectivity index (χ3v) is 4.22. The summed E-state index contributed by atoms with van der Waals surface area (Å²) in [6, 6.07) is 7.90. The van der Waals surface area contributed by atoms with Crippen LogP contribution in [0.2, 0.25) is 0 Å². The highest BCUT2D eigenvalue weighted by Gasteiger charge is 2.15. The number of carbonyl (C=O) groups excluding carboxylic acids is 1. The van der Waals surface area contributed by atoms with E-state index >= 15 is 0 Å². The topological polar surface area (TPSA) is 43.1 Å². The number of benzene rings is 1. The summed E-state index contributed by atoms with van der Waals surface area (Å²) in [5.41, 5.74) is 7.04. The molecule has 18 heavy (non-hydrogen) atoms. The van der Waals surface area contributed by atoms with Gasteiger partial charge in [-0.1, -0.05) is 38.0 Å². The fourth-order valence-corrected chi connectivity index (χ4v) is 3.04. The molecule has 1 unspecified atom stereocenters. The van der Waals surface area contributed by atoms with E-state index in [1.54, 1.807) is 11.3 Å². The van der Waals surface area contributed by atoms with E-state index in [-0.39, 0.29) is 11.8 Å². The average molecular weight is 261 g/mol. The van der Waals surface area contributed by atoms with E-state index in [2.05, 4.69) is 24.4 Å². The minimum atomic E-state index is -0.302. The number of rotatable bonds is 6. The number of hydrogen-bond donors (Lipinski definition) is 1. The molecular weight excluding hydrogens is 242 g/mol. The van der Waals surface area contributed by atoms with Crippen molar-refractivity contribution in [1.29, 1.82) is 0 Å². The largest absolute Gasteiger partial charge is 0.321 e. The van der Waals surface area contributed by atoms with Crippen molar-refractivity contribution >= 4 is 27.2 Å². The molecule has 0 amide bonds. The van der Waals surface area contributed by atoms with Gasteiger partial charge in [0, 0.05) is 11.1 Å². The number of hydrogen-bond acceptors (Lipinski definition) is 3. The molecule has 0 saturated heterocycles. The Kier molecular flexibility index (Phi) is 4.50. The quantitative estimate of drug-likeness (QED) is 0.864. The van der Waals surface area contributed by atoms with Gasteiger partial charge in [0.15, 0.2) is 5.78 Å². The molecule has 1 aromatic carbocycles. The number of carbonyl (C=O) groups is 1. The first-order valence-corrected chi connectivity index (χ1v) is 7.33. The van der Waals surface area contributed by atoms with Crippen molar-refractivity contribution in [1.82, 2.24) is 0 Å². The van der Waals surface area contributed by atoms with E-state index in [4.69, 9.17) is 5.73 Å². The summed E-state index contributed by atoms with van der Waals surface area (Å²) in [7, 11) is 0. The van der Waals surface area contributed by atoms with E-state index in [9.17, 15) is 4.79 Å². The van der Waals surface area contributed by atoms with Crippen LogP contribution in [0.1, 0.15) is 31.7 Å². The first-order valence-electron chi connectivity index (χ1n) is 6.45. The Morgan fingerprint density at radius 3 is 2.94 bits per heavy atom. The lowest BCUT2D eigenvalue weighted by Gasteiger charge is -2.09. The molecule has 2 aromatic rings. The Morgan fingerprint density at radius 1 is 1.39 bits per heavy atom. The molecule has 2 nitrogen and oxygen atoms in total. The Hall–Kier alpha value is -1.19. The molecule has 2 N–H and O–H groups in total. The lowest BCUT2D eigenvalue weighted by Crippen LogP contribution is -2.31. The predicted octanol–water partition coefficient (Wildman–Crippen LogP) is 3.53. The van der Waals surface area contributed by atoms with Crippen LogP contribution in [0.25, 0.3) is 10.1 Å². The van der Waals surface area contributed by atoms with Crippen molar-refractivity contribution in [3.8, 4) is 0 Å². The lowest BCUT2D eigenvalue weighted by atomic mass is 10.00. The monoisotopic (exact) mass is 261 g/mol. The molecule has 3 heteroatoms. The summed E-state index contributed by atoms with van der Waals surface area (Å²) in [4.78, 5) is 12.0. The van der Waals surface area contributed by atoms with Gasteiger partial charge in [-0.25, -0.2) is 0 Å². The van der Waals surface area contributed by atoms with Crippen LogP contribution < -0.4 is 5.73 Å². The van der Waals surface area contributed by atoms with Crippen LogP contribution in [0.5, 0.6) is 0 Å². The molecule has 0 radical (unpaired) electrons. The van der Waals surface area contributed by atoms with Crippen LogP contribution in [0, 0.1) is 0 Å². The van der Waals surface area contributed by atoms with Crippen molar-refractivity contribution in [3.63, 3.8) is 0 Å². The predicted molar refractivity (Wildman–Crippen MR) is 78.0 cm³/mol. The summed E-state index contributed by atoms with van der Waals surface area (Å²) >= 11 is 1.69. The Bertz CT molecular complexity index is 532. The van der Waals surface area contributed by atoms with Crippen LogP contribution in [-0.4, -0.2) is 11.8 Å². The second kappa shape index (κ2) is 6.12. The molecule has 0 aliphatic rings. The summed E-state index contributed by atoms with van der Waals surface area (Å²) < 4.78 is 1.24. The molecule has 2 rings (SSSR count). The molecule has 1 heterocycles. The maximum atomic E-state index is 12.0. The van der Waals surface area contributed by atoms with Crippen molar-refractivity contribution in [2.75, 3.05) is 0 Å². The number of Topliss-reactive ketones (excluding diaryl/α,β-unsaturated/α-hetero) is 1. The lowest BCUT2D eigenvalue weighted by molar-refractivity contribution is -0.119. The van der Waals surface area contributed by atoms with E-state index in [0.29, 0.717) is 6.42 Å². The summed E-state index contributed by atoms with van der Waals surface area (Å²) in [5.74, 6) is 0.159. The number of thiophene rings is 1. The van der Waals surface area contributed by atoms with Gasteiger partial charge in [0.05, 0.1) is 6.04 Å². The average Bonchev–Trinajstić information content (AvgIpc) is 2.79. The first kappa shape index (κ1) is 13.2. The second-order valence-electron chi connectivity index (χ2n) is 4.65. The maximum Gasteiger partial charge on any atom is 0.153 e. The number of nitrogens with two attached hydrogens (primary N) is 1. The van der Waals surface area contributed by atoms with Gasteiger partial charge >= 0.3 is 0 Å². The Labute approximate surface area is 112 Å². The maximum absolute atomic E-state index is 12.0.